The Morgan fingerprint density at radius 1 is 1.50 bits per heavy atom. The van der Waals surface area contributed by atoms with E-state index in [1.165, 1.54) is 0 Å². The number of fused-ring (bicyclic) bond motifs is 2. The van der Waals surface area contributed by atoms with Crippen LogP contribution in [0.4, 0.5) is 0 Å². The number of aliphatic hydroxyl groups excluding tert-OH is 1. The summed E-state index contributed by atoms with van der Waals surface area (Å²) in [6, 6.07) is 0.499. The fourth-order valence-corrected chi connectivity index (χ4v) is 5.10. The van der Waals surface area contributed by atoms with Gasteiger partial charge in [-0.2, -0.15) is 0 Å². The molecule has 110 valence electrons. The van der Waals surface area contributed by atoms with Crippen molar-refractivity contribution in [3.05, 3.63) is 11.1 Å². The summed E-state index contributed by atoms with van der Waals surface area (Å²) in [4.78, 5) is 19.0. The Hall–Kier alpha value is -0.590. The molecular formula is C14H20N2O2S2. The molecule has 0 aliphatic carbocycles. The van der Waals surface area contributed by atoms with E-state index in [-0.39, 0.29) is 24.1 Å². The second-order valence-corrected chi connectivity index (χ2v) is 7.90. The molecule has 2 aliphatic heterocycles. The summed E-state index contributed by atoms with van der Waals surface area (Å²) in [7, 11) is 0. The Morgan fingerprint density at radius 3 is 2.85 bits per heavy atom. The lowest BCUT2D eigenvalue weighted by molar-refractivity contribution is -0.136. The van der Waals surface area contributed by atoms with Gasteiger partial charge in [0.2, 0.25) is 5.91 Å². The number of thiazole rings is 1. The zero-order valence-electron chi connectivity index (χ0n) is 11.6. The van der Waals surface area contributed by atoms with Crippen LogP contribution in [0.15, 0.2) is 9.72 Å². The van der Waals surface area contributed by atoms with Crippen LogP contribution >= 0.6 is 23.1 Å². The molecular weight excluding hydrogens is 292 g/mol. The second kappa shape index (κ2) is 6.03. The van der Waals surface area contributed by atoms with Gasteiger partial charge in [-0.05, 0) is 31.4 Å². The Labute approximate surface area is 127 Å². The molecule has 2 fully saturated rings. The first-order chi connectivity index (χ1) is 9.67. The van der Waals surface area contributed by atoms with Crippen molar-refractivity contribution in [2.75, 3.05) is 5.75 Å². The van der Waals surface area contributed by atoms with Crippen molar-refractivity contribution < 1.29 is 9.90 Å². The smallest absolute Gasteiger partial charge is 0.229 e. The lowest BCUT2D eigenvalue weighted by atomic mass is 9.99. The number of thioether (sulfide) groups is 1. The van der Waals surface area contributed by atoms with Gasteiger partial charge in [0, 0.05) is 17.5 Å². The maximum Gasteiger partial charge on any atom is 0.229 e. The van der Waals surface area contributed by atoms with E-state index >= 15 is 0 Å². The number of aliphatic hydroxyl groups is 1. The van der Waals surface area contributed by atoms with Gasteiger partial charge in [-0.1, -0.05) is 18.7 Å². The first-order valence-corrected chi connectivity index (χ1v) is 9.10. The number of rotatable bonds is 4. The van der Waals surface area contributed by atoms with Crippen LogP contribution in [0.3, 0.4) is 0 Å². The molecule has 3 rings (SSSR count). The van der Waals surface area contributed by atoms with Gasteiger partial charge in [0.15, 0.2) is 0 Å². The summed E-state index contributed by atoms with van der Waals surface area (Å²) in [6.07, 6.45) is 3.77. The van der Waals surface area contributed by atoms with E-state index in [0.29, 0.717) is 6.42 Å². The number of aromatic nitrogens is 1. The molecule has 1 unspecified atom stereocenters. The third kappa shape index (κ3) is 2.87. The number of carbonyl (C=O) groups is 1. The first-order valence-electron chi connectivity index (χ1n) is 7.23. The molecule has 20 heavy (non-hydrogen) atoms. The summed E-state index contributed by atoms with van der Waals surface area (Å²) < 4.78 is 1.05. The SMILES string of the molecule is CCSc1nc(CC(=O)N2[C@@H]3CC[C@H]2CC(O)C3)cs1. The molecule has 0 saturated carbocycles. The lowest BCUT2D eigenvalue weighted by Gasteiger charge is -2.37. The van der Waals surface area contributed by atoms with Crippen LogP contribution in [0.25, 0.3) is 0 Å². The summed E-state index contributed by atoms with van der Waals surface area (Å²) in [5, 5.41) is 11.8. The second-order valence-electron chi connectivity index (χ2n) is 5.53. The van der Waals surface area contributed by atoms with Gasteiger partial charge in [-0.15, -0.1) is 11.3 Å². The number of amides is 1. The highest BCUT2D eigenvalue weighted by Crippen LogP contribution is 2.36. The monoisotopic (exact) mass is 312 g/mol. The van der Waals surface area contributed by atoms with Gasteiger partial charge in [0.05, 0.1) is 18.2 Å². The van der Waals surface area contributed by atoms with Gasteiger partial charge in [0.1, 0.15) is 4.34 Å². The number of carbonyl (C=O) groups excluding carboxylic acids is 1. The van der Waals surface area contributed by atoms with Gasteiger partial charge in [-0.25, -0.2) is 4.98 Å². The van der Waals surface area contributed by atoms with Crippen LogP contribution in [0, 0.1) is 0 Å². The molecule has 2 aliphatic rings. The highest BCUT2D eigenvalue weighted by atomic mass is 32.2. The Balaban J connectivity index is 1.64. The molecule has 2 bridgehead atoms. The van der Waals surface area contributed by atoms with E-state index in [4.69, 9.17) is 0 Å². The van der Waals surface area contributed by atoms with Gasteiger partial charge < -0.3 is 10.0 Å². The summed E-state index contributed by atoms with van der Waals surface area (Å²) >= 11 is 3.34. The van der Waals surface area contributed by atoms with Crippen molar-refractivity contribution in [3.8, 4) is 0 Å². The van der Waals surface area contributed by atoms with Gasteiger partial charge in [-0.3, -0.25) is 4.79 Å². The normalized spacial score (nSPS) is 28.9. The van der Waals surface area contributed by atoms with Gasteiger partial charge >= 0.3 is 0 Å². The fourth-order valence-electron chi connectivity index (χ4n) is 3.36. The number of hydrogen-bond acceptors (Lipinski definition) is 5. The van der Waals surface area contributed by atoms with E-state index in [0.717, 1.165) is 41.5 Å². The van der Waals surface area contributed by atoms with E-state index in [1.54, 1.807) is 23.1 Å². The highest BCUT2D eigenvalue weighted by molar-refractivity contribution is 8.00. The molecule has 3 atom stereocenters. The Kier molecular flexibility index (Phi) is 4.33. The van der Waals surface area contributed by atoms with Crippen molar-refractivity contribution >= 4 is 29.0 Å². The van der Waals surface area contributed by atoms with E-state index in [9.17, 15) is 9.90 Å². The predicted octanol–water partition coefficient (Wildman–Crippen LogP) is 2.31. The van der Waals surface area contributed by atoms with Crippen LogP contribution in [-0.2, 0) is 11.2 Å². The van der Waals surface area contributed by atoms with Crippen molar-refractivity contribution in [1.29, 1.82) is 0 Å². The maximum absolute atomic E-state index is 12.5. The third-order valence-corrected chi connectivity index (χ3v) is 6.08. The number of hydrogen-bond donors (Lipinski definition) is 1. The van der Waals surface area contributed by atoms with Crippen LogP contribution in [-0.4, -0.2) is 44.8 Å². The highest BCUT2D eigenvalue weighted by Gasteiger charge is 2.42. The molecule has 1 aromatic rings. The summed E-state index contributed by atoms with van der Waals surface area (Å²) in [6.45, 7) is 2.10. The largest absolute Gasteiger partial charge is 0.393 e. The maximum atomic E-state index is 12.5. The zero-order valence-corrected chi connectivity index (χ0v) is 13.3. The van der Waals surface area contributed by atoms with Crippen LogP contribution in [0.2, 0.25) is 0 Å². The first kappa shape index (κ1) is 14.4. The minimum atomic E-state index is -0.219. The average molecular weight is 312 g/mol. The third-order valence-electron chi connectivity index (χ3n) is 4.13. The van der Waals surface area contributed by atoms with Gasteiger partial charge in [0.25, 0.3) is 0 Å². The fraction of sp³-hybridized carbons (Fsp3) is 0.714. The molecule has 1 amide bonds. The minimum absolute atomic E-state index is 0.183. The Morgan fingerprint density at radius 2 is 2.20 bits per heavy atom. The standard InChI is InChI=1S/C14H20N2O2S2/c1-2-19-14-15-9(8-20-14)5-13(18)16-10-3-4-11(16)7-12(17)6-10/h8,10-12,17H,2-7H2,1H3/t10-,11+,12?. The topological polar surface area (TPSA) is 53.4 Å². The molecule has 0 spiro atoms. The molecule has 3 heterocycles. The molecule has 0 aromatic carbocycles. The van der Waals surface area contributed by atoms with Crippen molar-refractivity contribution in [2.24, 2.45) is 0 Å². The predicted molar refractivity (Wildman–Crippen MR) is 81.1 cm³/mol. The summed E-state index contributed by atoms with van der Waals surface area (Å²) in [5.74, 6) is 1.19. The molecule has 4 nitrogen and oxygen atoms in total. The zero-order chi connectivity index (χ0) is 14.1. The number of piperidine rings is 1. The lowest BCUT2D eigenvalue weighted by Crippen LogP contribution is -2.48. The van der Waals surface area contributed by atoms with E-state index in [2.05, 4.69) is 11.9 Å². The molecule has 0 radical (unpaired) electrons. The molecule has 2 saturated heterocycles. The van der Waals surface area contributed by atoms with E-state index in [1.807, 2.05) is 10.3 Å². The summed E-state index contributed by atoms with van der Waals surface area (Å²) in [5.41, 5.74) is 0.890. The average Bonchev–Trinajstić information content (AvgIpc) is 2.93. The van der Waals surface area contributed by atoms with E-state index < -0.39 is 0 Å². The van der Waals surface area contributed by atoms with Crippen molar-refractivity contribution in [3.63, 3.8) is 0 Å². The van der Waals surface area contributed by atoms with Crippen molar-refractivity contribution in [2.45, 2.75) is 61.6 Å². The van der Waals surface area contributed by atoms with Crippen LogP contribution < -0.4 is 0 Å². The molecule has 1 aromatic heterocycles. The molecule has 6 heteroatoms. The molecule has 1 N–H and O–H groups in total. The van der Waals surface area contributed by atoms with Crippen LogP contribution in [0.5, 0.6) is 0 Å². The quantitative estimate of drug-likeness (QED) is 0.867. The Bertz CT molecular complexity index is 477. The number of nitrogens with zero attached hydrogens (tertiary/aromatic N) is 2. The van der Waals surface area contributed by atoms with Crippen molar-refractivity contribution in [1.82, 2.24) is 9.88 Å². The minimum Gasteiger partial charge on any atom is -0.393 e. The van der Waals surface area contributed by atoms with Crippen LogP contribution in [0.1, 0.15) is 38.3 Å².